The molecule has 1 spiro atoms. The van der Waals surface area contributed by atoms with E-state index in [2.05, 4.69) is 19.2 Å². The average molecular weight is 402 g/mol. The molecule has 6 heteroatoms. The molecule has 2 fully saturated rings. The van der Waals surface area contributed by atoms with Crippen LogP contribution in [0.15, 0.2) is 30.3 Å². The highest BCUT2D eigenvalue weighted by Crippen LogP contribution is 2.31. The van der Waals surface area contributed by atoms with Gasteiger partial charge in [0.05, 0.1) is 18.8 Å². The number of carbonyl (C=O) groups is 2. The maximum atomic E-state index is 12.9. The fourth-order valence-corrected chi connectivity index (χ4v) is 4.53. The maximum Gasteiger partial charge on any atom is 0.238 e. The van der Waals surface area contributed by atoms with E-state index in [-0.39, 0.29) is 17.5 Å². The number of nitrogens with one attached hydrogen (secondary N) is 1. The van der Waals surface area contributed by atoms with Crippen molar-refractivity contribution in [1.82, 2.24) is 15.1 Å². The molecule has 1 aromatic carbocycles. The Morgan fingerprint density at radius 2 is 1.93 bits per heavy atom. The van der Waals surface area contributed by atoms with Crippen molar-refractivity contribution >= 4 is 11.8 Å². The molecule has 0 aliphatic carbocycles. The molecule has 0 aromatic heterocycles. The van der Waals surface area contributed by atoms with Gasteiger partial charge in [0.1, 0.15) is 12.4 Å². The van der Waals surface area contributed by atoms with E-state index in [0.29, 0.717) is 38.7 Å². The van der Waals surface area contributed by atoms with E-state index < -0.39 is 0 Å². The summed E-state index contributed by atoms with van der Waals surface area (Å²) in [6.07, 6.45) is 5.67. The molecule has 2 amide bonds. The minimum absolute atomic E-state index is 0.121. The Hall–Kier alpha value is -2.08. The van der Waals surface area contributed by atoms with Gasteiger partial charge in [-0.3, -0.25) is 14.9 Å². The van der Waals surface area contributed by atoms with Gasteiger partial charge in [-0.25, -0.2) is 0 Å². The Labute approximate surface area is 174 Å². The number of piperidine rings is 1. The highest BCUT2D eigenvalue weighted by molar-refractivity contribution is 5.82. The second kappa shape index (κ2) is 10.1. The molecule has 3 rings (SSSR count). The Bertz CT molecular complexity index is 671. The lowest BCUT2D eigenvalue weighted by atomic mass is 9.92. The van der Waals surface area contributed by atoms with Gasteiger partial charge < -0.3 is 14.5 Å². The zero-order valence-corrected chi connectivity index (χ0v) is 17.9. The molecule has 2 aliphatic rings. The summed E-state index contributed by atoms with van der Waals surface area (Å²) in [7, 11) is 0. The molecular formula is C23H35N3O3. The van der Waals surface area contributed by atoms with E-state index in [4.69, 9.17) is 4.74 Å². The minimum atomic E-state index is -0.334. The average Bonchev–Trinajstić information content (AvgIpc) is 3.05. The van der Waals surface area contributed by atoms with Gasteiger partial charge in [-0.2, -0.15) is 0 Å². The predicted molar refractivity (Wildman–Crippen MR) is 114 cm³/mol. The maximum absolute atomic E-state index is 12.9. The summed E-state index contributed by atoms with van der Waals surface area (Å²) in [6.45, 7) is 7.08. The SMILES string of the molecule is CCCCC(CC)C(=O)N1CCC2(CC1)NCC(=O)N2CCOc1ccccc1. The summed E-state index contributed by atoms with van der Waals surface area (Å²) in [5.41, 5.74) is -0.334. The van der Waals surface area contributed by atoms with E-state index in [0.717, 1.165) is 44.3 Å². The number of unbranched alkanes of at least 4 members (excludes halogenated alkanes) is 1. The van der Waals surface area contributed by atoms with E-state index >= 15 is 0 Å². The highest BCUT2D eigenvalue weighted by Gasteiger charge is 2.47. The molecule has 0 radical (unpaired) electrons. The lowest BCUT2D eigenvalue weighted by molar-refractivity contribution is -0.140. The summed E-state index contributed by atoms with van der Waals surface area (Å²) in [5.74, 6) is 1.37. The minimum Gasteiger partial charge on any atom is -0.492 e. The summed E-state index contributed by atoms with van der Waals surface area (Å²) in [4.78, 5) is 29.4. The van der Waals surface area contributed by atoms with E-state index in [9.17, 15) is 9.59 Å². The molecule has 0 bridgehead atoms. The largest absolute Gasteiger partial charge is 0.492 e. The fourth-order valence-electron chi connectivity index (χ4n) is 4.53. The predicted octanol–water partition coefficient (Wildman–Crippen LogP) is 3.03. The van der Waals surface area contributed by atoms with Crippen LogP contribution < -0.4 is 10.1 Å². The quantitative estimate of drug-likeness (QED) is 0.691. The number of para-hydroxylation sites is 1. The zero-order chi connectivity index (χ0) is 20.7. The Morgan fingerprint density at radius 3 is 2.59 bits per heavy atom. The number of hydrogen-bond donors (Lipinski definition) is 1. The number of benzene rings is 1. The van der Waals surface area contributed by atoms with Gasteiger partial charge in [0.2, 0.25) is 11.8 Å². The second-order valence-corrected chi connectivity index (χ2v) is 8.16. The van der Waals surface area contributed by atoms with Crippen LogP contribution in [0.25, 0.3) is 0 Å². The molecule has 1 unspecified atom stereocenters. The van der Waals surface area contributed by atoms with Crippen LogP contribution in [0.5, 0.6) is 5.75 Å². The molecule has 2 saturated heterocycles. The fraction of sp³-hybridized carbons (Fsp3) is 0.652. The molecule has 2 aliphatic heterocycles. The molecular weight excluding hydrogens is 366 g/mol. The third-order valence-corrected chi connectivity index (χ3v) is 6.36. The van der Waals surface area contributed by atoms with Crippen LogP contribution in [0.3, 0.4) is 0 Å². The third-order valence-electron chi connectivity index (χ3n) is 6.36. The molecule has 2 heterocycles. The number of carbonyl (C=O) groups excluding carboxylic acids is 2. The Morgan fingerprint density at radius 1 is 1.21 bits per heavy atom. The van der Waals surface area contributed by atoms with Crippen molar-refractivity contribution in [2.24, 2.45) is 5.92 Å². The van der Waals surface area contributed by atoms with Crippen LogP contribution in [0, 0.1) is 5.92 Å². The smallest absolute Gasteiger partial charge is 0.238 e. The lowest BCUT2D eigenvalue weighted by Gasteiger charge is -2.45. The van der Waals surface area contributed by atoms with Crippen molar-refractivity contribution in [2.75, 3.05) is 32.8 Å². The topological polar surface area (TPSA) is 61.9 Å². The van der Waals surface area contributed by atoms with Gasteiger partial charge in [-0.05, 0) is 25.0 Å². The number of rotatable bonds is 9. The summed E-state index contributed by atoms with van der Waals surface area (Å²) in [5, 5.41) is 3.44. The van der Waals surface area contributed by atoms with Crippen LogP contribution >= 0.6 is 0 Å². The number of likely N-dealkylation sites (tertiary alicyclic amines) is 1. The van der Waals surface area contributed by atoms with Crippen molar-refractivity contribution in [3.63, 3.8) is 0 Å². The molecule has 160 valence electrons. The first-order valence-corrected chi connectivity index (χ1v) is 11.1. The summed E-state index contributed by atoms with van der Waals surface area (Å²) >= 11 is 0. The Kier molecular flexibility index (Phi) is 7.53. The number of amides is 2. The van der Waals surface area contributed by atoms with Gasteiger partial charge in [-0.15, -0.1) is 0 Å². The van der Waals surface area contributed by atoms with Crippen molar-refractivity contribution in [1.29, 1.82) is 0 Å². The number of ether oxygens (including phenoxy) is 1. The van der Waals surface area contributed by atoms with Crippen molar-refractivity contribution < 1.29 is 14.3 Å². The molecule has 1 N–H and O–H groups in total. The van der Waals surface area contributed by atoms with Crippen LogP contribution in [-0.2, 0) is 9.59 Å². The van der Waals surface area contributed by atoms with Gasteiger partial charge in [0.25, 0.3) is 0 Å². The van der Waals surface area contributed by atoms with Gasteiger partial charge in [-0.1, -0.05) is 44.9 Å². The molecule has 1 aromatic rings. The van der Waals surface area contributed by atoms with Crippen molar-refractivity contribution in [3.8, 4) is 5.75 Å². The first kappa shape index (κ1) is 21.6. The monoisotopic (exact) mass is 401 g/mol. The number of hydrogen-bond acceptors (Lipinski definition) is 4. The number of nitrogens with zero attached hydrogens (tertiary/aromatic N) is 2. The highest BCUT2D eigenvalue weighted by atomic mass is 16.5. The van der Waals surface area contributed by atoms with E-state index in [1.807, 2.05) is 40.1 Å². The molecule has 0 saturated carbocycles. The lowest BCUT2D eigenvalue weighted by Crippen LogP contribution is -2.60. The first-order chi connectivity index (χ1) is 14.1. The summed E-state index contributed by atoms with van der Waals surface area (Å²) in [6, 6.07) is 9.68. The Balaban J connectivity index is 1.54. The summed E-state index contributed by atoms with van der Waals surface area (Å²) < 4.78 is 5.81. The van der Waals surface area contributed by atoms with Gasteiger partial charge >= 0.3 is 0 Å². The van der Waals surface area contributed by atoms with Gasteiger partial charge in [0, 0.05) is 31.8 Å². The first-order valence-electron chi connectivity index (χ1n) is 11.1. The zero-order valence-electron chi connectivity index (χ0n) is 17.9. The second-order valence-electron chi connectivity index (χ2n) is 8.16. The molecule has 29 heavy (non-hydrogen) atoms. The van der Waals surface area contributed by atoms with Crippen LogP contribution in [0.4, 0.5) is 0 Å². The third kappa shape index (κ3) is 5.10. The van der Waals surface area contributed by atoms with Crippen LogP contribution in [0.1, 0.15) is 52.4 Å². The van der Waals surface area contributed by atoms with Crippen LogP contribution in [0.2, 0.25) is 0 Å². The van der Waals surface area contributed by atoms with Gasteiger partial charge in [0.15, 0.2) is 0 Å². The standard InChI is InChI=1S/C23H35N3O3/c1-3-5-9-19(4-2)22(28)25-14-12-23(13-15-25)24-18-21(27)26(23)16-17-29-20-10-7-6-8-11-20/h6-8,10-11,19,24H,3-5,9,12-18H2,1-2H3. The van der Waals surface area contributed by atoms with Crippen LogP contribution in [-0.4, -0.2) is 60.1 Å². The van der Waals surface area contributed by atoms with Crippen molar-refractivity contribution in [2.45, 2.75) is 58.0 Å². The van der Waals surface area contributed by atoms with Crippen molar-refractivity contribution in [3.05, 3.63) is 30.3 Å². The van der Waals surface area contributed by atoms with E-state index in [1.165, 1.54) is 0 Å². The van der Waals surface area contributed by atoms with E-state index in [1.54, 1.807) is 0 Å². The molecule has 1 atom stereocenters. The normalized spacial score (nSPS) is 19.6. The molecule has 6 nitrogen and oxygen atoms in total.